The fourth-order valence-corrected chi connectivity index (χ4v) is 4.34. The van der Waals surface area contributed by atoms with Gasteiger partial charge in [0.1, 0.15) is 22.1 Å². The molecular weight excluding hydrogens is 372 g/mol. The monoisotopic (exact) mass is 385 g/mol. The second-order valence-electron chi connectivity index (χ2n) is 4.89. The van der Waals surface area contributed by atoms with E-state index in [1.165, 1.54) is 0 Å². The second-order valence-corrected chi connectivity index (χ2v) is 7.45. The molecule has 2 atom stereocenters. The maximum Gasteiger partial charge on any atom is 0.244 e. The predicted octanol–water partition coefficient (Wildman–Crippen LogP) is 1.55. The number of sulfonamides is 1. The van der Waals surface area contributed by atoms with E-state index < -0.39 is 38.3 Å². The molecule has 0 amide bonds. The van der Waals surface area contributed by atoms with Crippen molar-refractivity contribution < 1.29 is 27.0 Å². The standard InChI is InChI=1S/C12H14BrF2NO4S/c1-7-12(17,2-3-20-7)6-16-21(18,19)11-9(13)4-8(14)5-10(11)15/h4-5,7,16-17H,2-3,6H2,1H3. The third kappa shape index (κ3) is 3.42. The summed E-state index contributed by atoms with van der Waals surface area (Å²) in [4.78, 5) is -0.695. The van der Waals surface area contributed by atoms with E-state index >= 15 is 0 Å². The Hall–Kier alpha value is -0.610. The largest absolute Gasteiger partial charge is 0.386 e. The van der Waals surface area contributed by atoms with Crippen molar-refractivity contribution in [1.29, 1.82) is 0 Å². The van der Waals surface area contributed by atoms with E-state index in [-0.39, 0.29) is 17.4 Å². The van der Waals surface area contributed by atoms with Gasteiger partial charge in [-0.15, -0.1) is 0 Å². The number of hydrogen-bond acceptors (Lipinski definition) is 4. The van der Waals surface area contributed by atoms with Crippen LogP contribution in [0.5, 0.6) is 0 Å². The van der Waals surface area contributed by atoms with Crippen molar-refractivity contribution in [3.05, 3.63) is 28.2 Å². The van der Waals surface area contributed by atoms with E-state index in [2.05, 4.69) is 20.7 Å². The summed E-state index contributed by atoms with van der Waals surface area (Å²) in [6.45, 7) is 1.61. The highest BCUT2D eigenvalue weighted by Gasteiger charge is 2.40. The third-order valence-corrected chi connectivity index (χ3v) is 5.82. The van der Waals surface area contributed by atoms with Gasteiger partial charge in [-0.2, -0.15) is 0 Å². The molecule has 2 rings (SSSR count). The van der Waals surface area contributed by atoms with Gasteiger partial charge in [0, 0.05) is 30.1 Å². The number of aliphatic hydroxyl groups is 1. The molecule has 1 aliphatic rings. The lowest BCUT2D eigenvalue weighted by Crippen LogP contribution is -2.47. The zero-order valence-electron chi connectivity index (χ0n) is 11.1. The summed E-state index contributed by atoms with van der Waals surface area (Å²) < 4.78 is 58.1. The minimum Gasteiger partial charge on any atom is -0.386 e. The van der Waals surface area contributed by atoms with Crippen LogP contribution in [0.2, 0.25) is 0 Å². The summed E-state index contributed by atoms with van der Waals surface area (Å²) in [5.41, 5.74) is -1.35. The van der Waals surface area contributed by atoms with Crippen molar-refractivity contribution in [3.8, 4) is 0 Å². The molecule has 1 aliphatic heterocycles. The van der Waals surface area contributed by atoms with Gasteiger partial charge in [0.25, 0.3) is 0 Å². The van der Waals surface area contributed by atoms with E-state index in [0.717, 1.165) is 6.07 Å². The van der Waals surface area contributed by atoms with E-state index in [1.54, 1.807) is 6.92 Å². The number of ether oxygens (including phenoxy) is 1. The van der Waals surface area contributed by atoms with Crippen LogP contribution in [-0.2, 0) is 14.8 Å². The molecule has 5 nitrogen and oxygen atoms in total. The van der Waals surface area contributed by atoms with Crippen LogP contribution in [0.1, 0.15) is 13.3 Å². The van der Waals surface area contributed by atoms with Crippen molar-refractivity contribution in [2.45, 2.75) is 29.9 Å². The van der Waals surface area contributed by atoms with Crippen LogP contribution in [0.4, 0.5) is 8.78 Å². The fourth-order valence-electron chi connectivity index (χ4n) is 2.08. The van der Waals surface area contributed by atoms with Crippen LogP contribution in [0.3, 0.4) is 0 Å². The first-order chi connectivity index (χ1) is 9.66. The maximum absolute atomic E-state index is 13.7. The molecule has 2 unspecified atom stereocenters. The quantitative estimate of drug-likeness (QED) is 0.824. The summed E-state index contributed by atoms with van der Waals surface area (Å²) in [6, 6.07) is 1.34. The number of hydrogen-bond donors (Lipinski definition) is 2. The van der Waals surface area contributed by atoms with Crippen LogP contribution in [0, 0.1) is 11.6 Å². The minimum atomic E-state index is -4.24. The molecule has 1 aromatic rings. The molecule has 1 heterocycles. The average Bonchev–Trinajstić information content (AvgIpc) is 2.66. The lowest BCUT2D eigenvalue weighted by molar-refractivity contribution is -0.0228. The van der Waals surface area contributed by atoms with Gasteiger partial charge in [0.2, 0.25) is 10.0 Å². The molecule has 2 N–H and O–H groups in total. The second kappa shape index (κ2) is 5.88. The Balaban J connectivity index is 2.24. The normalized spacial score (nSPS) is 26.2. The lowest BCUT2D eigenvalue weighted by atomic mass is 9.97. The predicted molar refractivity (Wildman–Crippen MR) is 74.2 cm³/mol. The van der Waals surface area contributed by atoms with Crippen molar-refractivity contribution in [1.82, 2.24) is 4.72 Å². The Bertz CT molecular complexity index is 632. The Morgan fingerprint density at radius 2 is 2.19 bits per heavy atom. The van der Waals surface area contributed by atoms with Gasteiger partial charge in [-0.3, -0.25) is 0 Å². The van der Waals surface area contributed by atoms with Gasteiger partial charge in [-0.25, -0.2) is 21.9 Å². The highest BCUT2D eigenvalue weighted by atomic mass is 79.9. The topological polar surface area (TPSA) is 75.6 Å². The molecule has 0 bridgehead atoms. The van der Waals surface area contributed by atoms with Gasteiger partial charge in [0.05, 0.1) is 6.10 Å². The number of nitrogens with one attached hydrogen (secondary N) is 1. The highest BCUT2D eigenvalue weighted by molar-refractivity contribution is 9.10. The summed E-state index contributed by atoms with van der Waals surface area (Å²) in [6.07, 6.45) is -0.272. The molecule has 0 saturated carbocycles. The fraction of sp³-hybridized carbons (Fsp3) is 0.500. The molecule has 0 radical (unpaired) electrons. The SMILES string of the molecule is CC1OCCC1(O)CNS(=O)(=O)c1c(F)cc(F)cc1Br. The first-order valence-corrected chi connectivity index (χ1v) is 8.41. The van der Waals surface area contributed by atoms with Gasteiger partial charge in [-0.05, 0) is 28.9 Å². The van der Waals surface area contributed by atoms with Crippen molar-refractivity contribution in [3.63, 3.8) is 0 Å². The molecule has 118 valence electrons. The molecule has 9 heteroatoms. The lowest BCUT2D eigenvalue weighted by Gasteiger charge is -2.26. The van der Waals surface area contributed by atoms with Crippen LogP contribution >= 0.6 is 15.9 Å². The summed E-state index contributed by atoms with van der Waals surface area (Å²) in [5.74, 6) is -2.10. The highest BCUT2D eigenvalue weighted by Crippen LogP contribution is 2.28. The first-order valence-electron chi connectivity index (χ1n) is 6.14. The van der Waals surface area contributed by atoms with E-state index in [0.29, 0.717) is 12.7 Å². The average molecular weight is 386 g/mol. The first kappa shape index (κ1) is 16.8. The van der Waals surface area contributed by atoms with Gasteiger partial charge < -0.3 is 9.84 Å². The minimum absolute atomic E-state index is 0.227. The Morgan fingerprint density at radius 3 is 2.71 bits per heavy atom. The molecule has 0 spiro atoms. The zero-order valence-corrected chi connectivity index (χ0v) is 13.5. The molecule has 1 fully saturated rings. The number of benzene rings is 1. The summed E-state index contributed by atoms with van der Waals surface area (Å²) in [7, 11) is -4.24. The Kier molecular flexibility index (Phi) is 4.69. The molecule has 21 heavy (non-hydrogen) atoms. The van der Waals surface area contributed by atoms with Crippen LogP contribution < -0.4 is 4.72 Å². The maximum atomic E-state index is 13.7. The molecule has 1 aromatic carbocycles. The Labute approximate surface area is 129 Å². The molecule has 0 aliphatic carbocycles. The number of halogens is 3. The van der Waals surface area contributed by atoms with Gasteiger partial charge in [-0.1, -0.05) is 0 Å². The summed E-state index contributed by atoms with van der Waals surface area (Å²) >= 11 is 2.83. The Morgan fingerprint density at radius 1 is 1.52 bits per heavy atom. The molecule has 0 aromatic heterocycles. The van der Waals surface area contributed by atoms with Crippen LogP contribution in [0.15, 0.2) is 21.5 Å². The van der Waals surface area contributed by atoms with E-state index in [9.17, 15) is 22.3 Å². The van der Waals surface area contributed by atoms with Crippen LogP contribution in [-0.4, -0.2) is 38.4 Å². The van der Waals surface area contributed by atoms with Crippen molar-refractivity contribution in [2.75, 3.05) is 13.2 Å². The molecule has 1 saturated heterocycles. The van der Waals surface area contributed by atoms with E-state index in [1.807, 2.05) is 0 Å². The van der Waals surface area contributed by atoms with Crippen LogP contribution in [0.25, 0.3) is 0 Å². The number of rotatable bonds is 4. The van der Waals surface area contributed by atoms with Gasteiger partial charge >= 0.3 is 0 Å². The van der Waals surface area contributed by atoms with Crippen molar-refractivity contribution in [2.24, 2.45) is 0 Å². The summed E-state index contributed by atoms with van der Waals surface area (Å²) in [5, 5.41) is 10.2. The van der Waals surface area contributed by atoms with Gasteiger partial charge in [0.15, 0.2) is 0 Å². The molecular formula is C12H14BrF2NO4S. The van der Waals surface area contributed by atoms with Crippen molar-refractivity contribution >= 4 is 26.0 Å². The zero-order chi connectivity index (χ0) is 15.8. The third-order valence-electron chi connectivity index (χ3n) is 3.46. The smallest absolute Gasteiger partial charge is 0.244 e. The van der Waals surface area contributed by atoms with E-state index in [4.69, 9.17) is 4.74 Å².